The summed E-state index contributed by atoms with van der Waals surface area (Å²) in [5.74, 6) is 1.22. The van der Waals surface area contributed by atoms with Crippen LogP contribution in [0.15, 0.2) is 41.5 Å². The molecule has 3 rings (SSSR count). The molecule has 1 aromatic heterocycles. The predicted molar refractivity (Wildman–Crippen MR) is 115 cm³/mol. The van der Waals surface area contributed by atoms with Gasteiger partial charge in [-0.05, 0) is 31.2 Å². The number of aromatic nitrogens is 1. The highest BCUT2D eigenvalue weighted by molar-refractivity contribution is 7.22. The summed E-state index contributed by atoms with van der Waals surface area (Å²) in [6.07, 6.45) is 1.51. The molecule has 0 aliphatic rings. The number of methoxy groups -OCH3 is 3. The van der Waals surface area contributed by atoms with Crippen molar-refractivity contribution in [1.29, 1.82) is 0 Å². The second-order valence-electron chi connectivity index (χ2n) is 6.05. The van der Waals surface area contributed by atoms with Crippen molar-refractivity contribution in [3.63, 3.8) is 0 Å². The number of carbonyl (C=O) groups excluding carboxylic acids is 1. The van der Waals surface area contributed by atoms with Gasteiger partial charge in [-0.2, -0.15) is 5.10 Å². The van der Waals surface area contributed by atoms with E-state index in [-0.39, 0.29) is 5.91 Å². The zero-order chi connectivity index (χ0) is 20.8. The molecule has 0 aliphatic carbocycles. The summed E-state index contributed by atoms with van der Waals surface area (Å²) in [5, 5.41) is 7.80. The first-order valence-corrected chi connectivity index (χ1v) is 9.62. The summed E-state index contributed by atoms with van der Waals surface area (Å²) in [7, 11) is 4.61. The van der Waals surface area contributed by atoms with Crippen LogP contribution in [0.4, 0.5) is 5.13 Å². The van der Waals surface area contributed by atoms with Gasteiger partial charge in [0, 0.05) is 5.56 Å². The third-order valence-electron chi connectivity index (χ3n) is 4.10. The van der Waals surface area contributed by atoms with E-state index in [1.54, 1.807) is 19.1 Å². The van der Waals surface area contributed by atoms with Crippen LogP contribution in [0.3, 0.4) is 0 Å². The van der Waals surface area contributed by atoms with Gasteiger partial charge in [0.25, 0.3) is 5.91 Å². The van der Waals surface area contributed by atoms with Crippen molar-refractivity contribution in [2.45, 2.75) is 13.0 Å². The third-order valence-corrected chi connectivity index (χ3v) is 5.07. The zero-order valence-electron chi connectivity index (χ0n) is 16.6. The van der Waals surface area contributed by atoms with Crippen LogP contribution in [-0.4, -0.2) is 44.5 Å². The van der Waals surface area contributed by atoms with Crippen molar-refractivity contribution < 1.29 is 19.0 Å². The summed E-state index contributed by atoms with van der Waals surface area (Å²) >= 11 is 1.50. The maximum Gasteiger partial charge on any atom is 0.262 e. The molecule has 0 radical (unpaired) electrons. The minimum atomic E-state index is -0.507. The minimum Gasteiger partial charge on any atom is -0.493 e. The number of benzene rings is 2. The van der Waals surface area contributed by atoms with Crippen molar-refractivity contribution in [1.82, 2.24) is 10.4 Å². The van der Waals surface area contributed by atoms with Gasteiger partial charge in [0.05, 0.1) is 37.8 Å². The predicted octanol–water partition coefficient (Wildman–Crippen LogP) is 3.27. The maximum atomic E-state index is 12.3. The van der Waals surface area contributed by atoms with E-state index >= 15 is 0 Å². The Morgan fingerprint density at radius 1 is 1.14 bits per heavy atom. The highest BCUT2D eigenvalue weighted by Gasteiger charge is 2.15. The quantitative estimate of drug-likeness (QED) is 0.434. The second kappa shape index (κ2) is 9.24. The van der Waals surface area contributed by atoms with Crippen LogP contribution in [0.5, 0.6) is 17.2 Å². The molecule has 0 saturated heterocycles. The number of carbonyl (C=O) groups is 1. The van der Waals surface area contributed by atoms with E-state index < -0.39 is 6.04 Å². The zero-order valence-corrected chi connectivity index (χ0v) is 17.4. The monoisotopic (exact) mass is 414 g/mol. The van der Waals surface area contributed by atoms with Crippen LogP contribution < -0.4 is 25.0 Å². The lowest BCUT2D eigenvalue weighted by atomic mass is 10.2. The van der Waals surface area contributed by atoms with Crippen LogP contribution in [0.1, 0.15) is 12.5 Å². The third kappa shape index (κ3) is 4.75. The molecule has 0 unspecified atom stereocenters. The molecule has 0 bridgehead atoms. The molecule has 0 spiro atoms. The van der Waals surface area contributed by atoms with Crippen molar-refractivity contribution in [2.75, 3.05) is 26.6 Å². The molecule has 9 heteroatoms. The number of hydrogen-bond donors (Lipinski definition) is 2. The van der Waals surface area contributed by atoms with Crippen LogP contribution in [0.25, 0.3) is 10.2 Å². The normalized spacial score (nSPS) is 12.0. The first-order chi connectivity index (χ1) is 14.0. The van der Waals surface area contributed by atoms with Crippen molar-refractivity contribution in [2.24, 2.45) is 5.10 Å². The summed E-state index contributed by atoms with van der Waals surface area (Å²) in [5.41, 5.74) is 4.10. The minimum absolute atomic E-state index is 0.284. The number of ether oxygens (including phenoxy) is 3. The Morgan fingerprint density at radius 3 is 2.45 bits per heavy atom. The average Bonchev–Trinajstić information content (AvgIpc) is 3.14. The summed E-state index contributed by atoms with van der Waals surface area (Å²) < 4.78 is 17.0. The van der Waals surface area contributed by atoms with Crippen molar-refractivity contribution >= 4 is 38.8 Å². The highest BCUT2D eigenvalue weighted by Crippen LogP contribution is 2.37. The van der Waals surface area contributed by atoms with E-state index in [9.17, 15) is 4.79 Å². The van der Waals surface area contributed by atoms with Gasteiger partial charge in [0.2, 0.25) is 5.75 Å². The summed E-state index contributed by atoms with van der Waals surface area (Å²) in [6.45, 7) is 1.75. The first kappa shape index (κ1) is 20.4. The molecule has 152 valence electrons. The molecule has 2 N–H and O–H groups in total. The number of rotatable bonds is 8. The Kier molecular flexibility index (Phi) is 6.50. The molecule has 1 atom stereocenters. The number of fused-ring (bicyclic) bond motifs is 1. The molecule has 1 amide bonds. The van der Waals surface area contributed by atoms with Gasteiger partial charge >= 0.3 is 0 Å². The highest BCUT2D eigenvalue weighted by atomic mass is 32.1. The number of nitrogens with zero attached hydrogens (tertiary/aromatic N) is 2. The van der Waals surface area contributed by atoms with Gasteiger partial charge in [-0.15, -0.1) is 0 Å². The van der Waals surface area contributed by atoms with E-state index in [1.165, 1.54) is 38.9 Å². The molecular weight excluding hydrogens is 392 g/mol. The van der Waals surface area contributed by atoms with E-state index in [2.05, 4.69) is 20.8 Å². The van der Waals surface area contributed by atoms with Gasteiger partial charge in [-0.25, -0.2) is 10.4 Å². The molecular formula is C20H22N4O4S. The number of thiazole rings is 1. The Balaban J connectivity index is 1.64. The summed E-state index contributed by atoms with van der Waals surface area (Å²) in [4.78, 5) is 16.8. The van der Waals surface area contributed by atoms with Gasteiger partial charge in [0.15, 0.2) is 16.6 Å². The van der Waals surface area contributed by atoms with E-state index in [0.717, 1.165) is 10.2 Å². The molecule has 0 saturated carbocycles. The van der Waals surface area contributed by atoms with E-state index in [0.29, 0.717) is 27.9 Å². The van der Waals surface area contributed by atoms with Gasteiger partial charge in [-0.3, -0.25) is 4.79 Å². The van der Waals surface area contributed by atoms with Gasteiger partial charge < -0.3 is 19.5 Å². The largest absolute Gasteiger partial charge is 0.493 e. The fourth-order valence-electron chi connectivity index (χ4n) is 2.63. The van der Waals surface area contributed by atoms with Crippen LogP contribution in [0.2, 0.25) is 0 Å². The van der Waals surface area contributed by atoms with Crippen LogP contribution in [-0.2, 0) is 4.79 Å². The Bertz CT molecular complexity index is 976. The molecule has 1 heterocycles. The topological polar surface area (TPSA) is 94.1 Å². The number of amides is 1. The van der Waals surface area contributed by atoms with Gasteiger partial charge in [0.1, 0.15) is 6.04 Å². The number of nitrogens with one attached hydrogen (secondary N) is 2. The smallest absolute Gasteiger partial charge is 0.262 e. The number of para-hydroxylation sites is 1. The Labute approximate surface area is 172 Å². The SMILES string of the molecule is COc1cc(/C=N\NC(=O)[C@H](C)Nc2nc3ccccc3s2)cc(OC)c1OC. The molecule has 3 aromatic rings. The lowest BCUT2D eigenvalue weighted by molar-refractivity contribution is -0.121. The molecule has 0 aliphatic heterocycles. The molecule has 29 heavy (non-hydrogen) atoms. The lowest BCUT2D eigenvalue weighted by Gasteiger charge is -2.13. The van der Waals surface area contributed by atoms with E-state index in [4.69, 9.17) is 14.2 Å². The summed E-state index contributed by atoms with van der Waals surface area (Å²) in [6, 6.07) is 10.8. The number of anilines is 1. The fourth-order valence-corrected chi connectivity index (χ4v) is 3.58. The van der Waals surface area contributed by atoms with Gasteiger partial charge in [-0.1, -0.05) is 23.5 Å². The van der Waals surface area contributed by atoms with Crippen LogP contribution in [0, 0.1) is 0 Å². The number of hydrazone groups is 1. The molecule has 2 aromatic carbocycles. The molecule has 0 fully saturated rings. The Morgan fingerprint density at radius 2 is 1.83 bits per heavy atom. The average molecular weight is 414 g/mol. The fraction of sp³-hybridized carbons (Fsp3) is 0.250. The number of hydrogen-bond acceptors (Lipinski definition) is 8. The Hall–Kier alpha value is -3.33. The lowest BCUT2D eigenvalue weighted by Crippen LogP contribution is -2.34. The standard InChI is InChI=1S/C20H22N4O4S/c1-12(22-20-23-14-7-5-6-8-17(14)29-20)19(25)24-21-11-13-9-15(26-2)18(28-4)16(10-13)27-3/h5-12H,1-4H3,(H,22,23)(H,24,25)/b21-11-/t12-/m0/s1. The second-order valence-corrected chi connectivity index (χ2v) is 7.08. The maximum absolute atomic E-state index is 12.3. The molecule has 8 nitrogen and oxygen atoms in total. The van der Waals surface area contributed by atoms with E-state index in [1.807, 2.05) is 24.3 Å². The van der Waals surface area contributed by atoms with Crippen molar-refractivity contribution in [3.05, 3.63) is 42.0 Å². The van der Waals surface area contributed by atoms with Crippen molar-refractivity contribution in [3.8, 4) is 17.2 Å². The first-order valence-electron chi connectivity index (χ1n) is 8.80. The van der Waals surface area contributed by atoms with Crippen LogP contribution >= 0.6 is 11.3 Å².